The van der Waals surface area contributed by atoms with Gasteiger partial charge in [0.2, 0.25) is 0 Å². The van der Waals surface area contributed by atoms with Crippen LogP contribution < -0.4 is 14.8 Å². The molecule has 18 heavy (non-hydrogen) atoms. The number of aliphatic hydroxyl groups is 1. The molecular weight excluding hydrogens is 230 g/mol. The van der Waals surface area contributed by atoms with Crippen LogP contribution in [0.3, 0.4) is 0 Å². The summed E-state index contributed by atoms with van der Waals surface area (Å²) in [5.74, 6) is 1.69. The highest BCUT2D eigenvalue weighted by atomic mass is 16.6. The molecule has 4 nitrogen and oxygen atoms in total. The molecule has 0 bridgehead atoms. The SMILES string of the molecule is CC(O)CCNCCc1ccc2c(c1)OCCO2. The van der Waals surface area contributed by atoms with Crippen LogP contribution in [-0.2, 0) is 6.42 Å². The predicted molar refractivity (Wildman–Crippen MR) is 70.3 cm³/mol. The summed E-state index contributed by atoms with van der Waals surface area (Å²) in [6.45, 7) is 4.83. The van der Waals surface area contributed by atoms with Crippen molar-refractivity contribution in [3.05, 3.63) is 23.8 Å². The fourth-order valence-electron chi connectivity index (χ4n) is 1.91. The van der Waals surface area contributed by atoms with E-state index >= 15 is 0 Å². The molecular formula is C14H21NO3. The Hall–Kier alpha value is -1.26. The summed E-state index contributed by atoms with van der Waals surface area (Å²) in [6.07, 6.45) is 1.52. The molecule has 1 aromatic carbocycles. The van der Waals surface area contributed by atoms with Gasteiger partial charge in [-0.25, -0.2) is 0 Å². The maximum atomic E-state index is 9.13. The molecule has 0 amide bonds. The highest BCUT2D eigenvalue weighted by molar-refractivity contribution is 5.43. The van der Waals surface area contributed by atoms with Crippen LogP contribution in [0.2, 0.25) is 0 Å². The highest BCUT2D eigenvalue weighted by Gasteiger charge is 2.11. The summed E-state index contributed by atoms with van der Waals surface area (Å²) < 4.78 is 11.0. The molecule has 4 heteroatoms. The van der Waals surface area contributed by atoms with Crippen molar-refractivity contribution in [3.8, 4) is 11.5 Å². The molecule has 1 aromatic rings. The molecule has 0 saturated carbocycles. The van der Waals surface area contributed by atoms with Gasteiger partial charge >= 0.3 is 0 Å². The topological polar surface area (TPSA) is 50.7 Å². The van der Waals surface area contributed by atoms with Gasteiger partial charge in [-0.1, -0.05) is 6.07 Å². The number of fused-ring (bicyclic) bond motifs is 1. The third kappa shape index (κ3) is 3.89. The van der Waals surface area contributed by atoms with Crippen molar-refractivity contribution >= 4 is 0 Å². The standard InChI is InChI=1S/C14H21NO3/c1-11(16)4-6-15-7-5-12-2-3-13-14(10-12)18-9-8-17-13/h2-3,10-11,15-16H,4-9H2,1H3. The van der Waals surface area contributed by atoms with Gasteiger partial charge in [0, 0.05) is 0 Å². The largest absolute Gasteiger partial charge is 0.486 e. The minimum absolute atomic E-state index is 0.230. The molecule has 0 spiro atoms. The average molecular weight is 251 g/mol. The molecule has 1 heterocycles. The number of rotatable bonds is 6. The Bertz CT molecular complexity index is 379. The molecule has 1 unspecified atom stereocenters. The monoisotopic (exact) mass is 251 g/mol. The minimum atomic E-state index is -0.230. The number of hydrogen-bond acceptors (Lipinski definition) is 4. The Balaban J connectivity index is 1.76. The molecule has 0 fully saturated rings. The van der Waals surface area contributed by atoms with Gasteiger partial charge < -0.3 is 19.9 Å². The Kier molecular flexibility index (Phi) is 4.84. The average Bonchev–Trinajstić information content (AvgIpc) is 2.38. The van der Waals surface area contributed by atoms with Crippen LogP contribution in [-0.4, -0.2) is 37.5 Å². The number of aliphatic hydroxyl groups excluding tert-OH is 1. The van der Waals surface area contributed by atoms with Gasteiger partial charge in [0.05, 0.1) is 6.10 Å². The van der Waals surface area contributed by atoms with Crippen molar-refractivity contribution in [1.29, 1.82) is 0 Å². The number of nitrogens with one attached hydrogen (secondary N) is 1. The molecule has 0 radical (unpaired) electrons. The summed E-state index contributed by atoms with van der Waals surface area (Å²) in [4.78, 5) is 0. The second kappa shape index (κ2) is 6.61. The van der Waals surface area contributed by atoms with E-state index in [9.17, 15) is 0 Å². The Morgan fingerprint density at radius 2 is 2.00 bits per heavy atom. The van der Waals surface area contributed by atoms with Crippen molar-refractivity contribution in [2.45, 2.75) is 25.9 Å². The van der Waals surface area contributed by atoms with E-state index < -0.39 is 0 Å². The number of benzene rings is 1. The second-order valence-electron chi connectivity index (χ2n) is 4.62. The maximum absolute atomic E-state index is 9.13. The zero-order valence-electron chi connectivity index (χ0n) is 10.8. The molecule has 0 aromatic heterocycles. The molecule has 2 N–H and O–H groups in total. The first-order chi connectivity index (χ1) is 8.75. The summed E-state index contributed by atoms with van der Waals surface area (Å²) in [7, 11) is 0. The van der Waals surface area contributed by atoms with Crippen LogP contribution >= 0.6 is 0 Å². The van der Waals surface area contributed by atoms with Gasteiger partial charge in [0.25, 0.3) is 0 Å². The van der Waals surface area contributed by atoms with E-state index in [1.165, 1.54) is 5.56 Å². The first kappa shape index (κ1) is 13.2. The summed E-state index contributed by atoms with van der Waals surface area (Å²) >= 11 is 0. The molecule has 0 aliphatic carbocycles. The van der Waals surface area contributed by atoms with Crippen LogP contribution in [0.15, 0.2) is 18.2 Å². The molecule has 1 aliphatic heterocycles. The van der Waals surface area contributed by atoms with E-state index in [-0.39, 0.29) is 6.10 Å². The van der Waals surface area contributed by atoms with E-state index in [1.54, 1.807) is 0 Å². The molecule has 100 valence electrons. The molecule has 0 saturated heterocycles. The lowest BCUT2D eigenvalue weighted by atomic mass is 10.1. The lowest BCUT2D eigenvalue weighted by Crippen LogP contribution is -2.21. The highest BCUT2D eigenvalue weighted by Crippen LogP contribution is 2.30. The van der Waals surface area contributed by atoms with Gasteiger partial charge in [-0.15, -0.1) is 0 Å². The molecule has 2 rings (SSSR count). The second-order valence-corrected chi connectivity index (χ2v) is 4.62. The number of hydrogen-bond donors (Lipinski definition) is 2. The summed E-state index contributed by atoms with van der Waals surface area (Å²) in [5.41, 5.74) is 1.24. The third-order valence-corrected chi connectivity index (χ3v) is 2.94. The third-order valence-electron chi connectivity index (χ3n) is 2.94. The normalized spacial score (nSPS) is 15.4. The van der Waals surface area contributed by atoms with Crippen molar-refractivity contribution in [1.82, 2.24) is 5.32 Å². The van der Waals surface area contributed by atoms with Crippen molar-refractivity contribution in [3.63, 3.8) is 0 Å². The fourth-order valence-corrected chi connectivity index (χ4v) is 1.91. The molecule has 1 aliphatic rings. The van der Waals surface area contributed by atoms with Gasteiger partial charge in [0.1, 0.15) is 13.2 Å². The lowest BCUT2D eigenvalue weighted by molar-refractivity contribution is 0.171. The van der Waals surface area contributed by atoms with E-state index in [0.717, 1.165) is 37.4 Å². The van der Waals surface area contributed by atoms with Crippen molar-refractivity contribution in [2.24, 2.45) is 0 Å². The fraction of sp³-hybridized carbons (Fsp3) is 0.571. The lowest BCUT2D eigenvalue weighted by Gasteiger charge is -2.18. The smallest absolute Gasteiger partial charge is 0.161 e. The molecule has 1 atom stereocenters. The van der Waals surface area contributed by atoms with E-state index in [2.05, 4.69) is 11.4 Å². The number of ether oxygens (including phenoxy) is 2. The zero-order valence-corrected chi connectivity index (χ0v) is 10.8. The zero-order chi connectivity index (χ0) is 12.8. The Morgan fingerprint density at radius 1 is 1.22 bits per heavy atom. The quantitative estimate of drug-likeness (QED) is 0.750. The van der Waals surface area contributed by atoms with Crippen LogP contribution in [0, 0.1) is 0 Å². The van der Waals surface area contributed by atoms with Gasteiger partial charge in [-0.2, -0.15) is 0 Å². The van der Waals surface area contributed by atoms with Crippen LogP contribution in [0.5, 0.6) is 11.5 Å². The minimum Gasteiger partial charge on any atom is -0.486 e. The first-order valence-electron chi connectivity index (χ1n) is 6.53. The Morgan fingerprint density at radius 3 is 2.78 bits per heavy atom. The van der Waals surface area contributed by atoms with Gasteiger partial charge in [-0.05, 0) is 50.6 Å². The van der Waals surface area contributed by atoms with Crippen LogP contribution in [0.1, 0.15) is 18.9 Å². The first-order valence-corrected chi connectivity index (χ1v) is 6.53. The van der Waals surface area contributed by atoms with Crippen molar-refractivity contribution < 1.29 is 14.6 Å². The van der Waals surface area contributed by atoms with E-state index in [4.69, 9.17) is 14.6 Å². The maximum Gasteiger partial charge on any atom is 0.161 e. The van der Waals surface area contributed by atoms with E-state index in [0.29, 0.717) is 13.2 Å². The Labute approximate surface area is 108 Å². The summed E-state index contributed by atoms with van der Waals surface area (Å²) in [5, 5.41) is 12.4. The van der Waals surface area contributed by atoms with Crippen LogP contribution in [0.4, 0.5) is 0 Å². The van der Waals surface area contributed by atoms with E-state index in [1.807, 2.05) is 19.1 Å². The summed E-state index contributed by atoms with van der Waals surface area (Å²) in [6, 6.07) is 6.09. The van der Waals surface area contributed by atoms with Crippen LogP contribution in [0.25, 0.3) is 0 Å². The van der Waals surface area contributed by atoms with Crippen molar-refractivity contribution in [2.75, 3.05) is 26.3 Å². The van der Waals surface area contributed by atoms with Gasteiger partial charge in [0.15, 0.2) is 11.5 Å². The van der Waals surface area contributed by atoms with Gasteiger partial charge in [-0.3, -0.25) is 0 Å². The predicted octanol–water partition coefficient (Wildman–Crippen LogP) is 1.36.